The average molecular weight is 240 g/mol. The van der Waals surface area contributed by atoms with Gasteiger partial charge in [0.05, 0.1) is 6.10 Å². The zero-order valence-corrected chi connectivity index (χ0v) is 12.7. The number of rotatable bonds is 2. The number of carbonyl (C=O) groups excluding carboxylic acids is 1. The molecule has 1 N–H and O–H groups in total. The van der Waals surface area contributed by atoms with Gasteiger partial charge in [-0.2, -0.15) is 0 Å². The van der Waals surface area contributed by atoms with Crippen LogP contribution in [0.15, 0.2) is 24.3 Å². The van der Waals surface area contributed by atoms with Crippen molar-refractivity contribution >= 4 is 46.4 Å². The van der Waals surface area contributed by atoms with E-state index in [-0.39, 0.29) is 41.6 Å². The van der Waals surface area contributed by atoms with Gasteiger partial charge >= 0.3 is 5.97 Å². The van der Waals surface area contributed by atoms with Gasteiger partial charge in [0.2, 0.25) is 0 Å². The third-order valence-corrected chi connectivity index (χ3v) is 2.51. The van der Waals surface area contributed by atoms with Crippen molar-refractivity contribution in [2.45, 2.75) is 26.9 Å². The number of hydrogen-bond acceptors (Lipinski definition) is 2. The van der Waals surface area contributed by atoms with Crippen LogP contribution in [-0.4, -0.2) is 46.6 Å². The summed E-state index contributed by atoms with van der Waals surface area (Å²) in [6.07, 6.45) is -0.0988. The summed E-state index contributed by atoms with van der Waals surface area (Å²) in [6, 6.07) is 7.85. The number of carbonyl (C=O) groups is 1. The SMILES string of the molecule is Cc1c(C(=O)OC(C)C)[nH]c2ccccc12.[Na]. The minimum atomic E-state index is -0.288. The summed E-state index contributed by atoms with van der Waals surface area (Å²) in [6.45, 7) is 5.61. The topological polar surface area (TPSA) is 42.1 Å². The van der Waals surface area contributed by atoms with Crippen LogP contribution in [0.5, 0.6) is 0 Å². The average Bonchev–Trinajstić information content (AvgIpc) is 2.56. The van der Waals surface area contributed by atoms with Gasteiger partial charge in [0.15, 0.2) is 0 Å². The number of fused-ring (bicyclic) bond motifs is 1. The first kappa shape index (κ1) is 14.3. The molecule has 3 nitrogen and oxygen atoms in total. The Morgan fingerprint density at radius 3 is 2.53 bits per heavy atom. The Morgan fingerprint density at radius 2 is 1.94 bits per heavy atom. The van der Waals surface area contributed by atoms with Crippen molar-refractivity contribution in [3.8, 4) is 0 Å². The molecule has 1 aromatic carbocycles. The van der Waals surface area contributed by atoms with Crippen LogP contribution in [0.2, 0.25) is 0 Å². The van der Waals surface area contributed by atoms with Crippen molar-refractivity contribution in [3.63, 3.8) is 0 Å². The van der Waals surface area contributed by atoms with Gasteiger partial charge in [-0.1, -0.05) is 18.2 Å². The van der Waals surface area contributed by atoms with E-state index >= 15 is 0 Å². The third kappa shape index (κ3) is 2.92. The predicted octanol–water partition coefficient (Wildman–Crippen LogP) is 2.66. The molecule has 2 rings (SSSR count). The van der Waals surface area contributed by atoms with Crippen molar-refractivity contribution in [3.05, 3.63) is 35.5 Å². The Bertz CT molecular complexity index is 531. The number of hydrogen-bond donors (Lipinski definition) is 1. The first-order chi connectivity index (χ1) is 7.59. The molecule has 0 unspecified atom stereocenters. The molecule has 85 valence electrons. The summed E-state index contributed by atoms with van der Waals surface area (Å²) >= 11 is 0. The van der Waals surface area contributed by atoms with Crippen molar-refractivity contribution in [1.82, 2.24) is 4.98 Å². The number of H-pyrrole nitrogens is 1. The fraction of sp³-hybridized carbons (Fsp3) is 0.308. The van der Waals surface area contributed by atoms with E-state index in [1.54, 1.807) is 0 Å². The zero-order valence-electron chi connectivity index (χ0n) is 10.7. The summed E-state index contributed by atoms with van der Waals surface area (Å²) < 4.78 is 5.18. The number of nitrogens with one attached hydrogen (secondary N) is 1. The molecule has 0 amide bonds. The molecule has 0 aliphatic carbocycles. The predicted molar refractivity (Wildman–Crippen MR) is 69.3 cm³/mol. The molecule has 0 aliphatic rings. The number of benzene rings is 1. The molecular weight excluding hydrogens is 225 g/mol. The van der Waals surface area contributed by atoms with Crippen LogP contribution in [0.1, 0.15) is 29.9 Å². The first-order valence-electron chi connectivity index (χ1n) is 5.38. The maximum Gasteiger partial charge on any atom is 0.355 e. The number of aromatic nitrogens is 1. The molecule has 2 aromatic rings. The molecule has 17 heavy (non-hydrogen) atoms. The number of aromatic amines is 1. The standard InChI is InChI=1S/C13H15NO2.Na/c1-8(2)16-13(15)12-9(3)10-6-4-5-7-11(10)14-12;/h4-8,14H,1-3H3;. The minimum absolute atomic E-state index is 0. The molecule has 0 fully saturated rings. The van der Waals surface area contributed by atoms with Crippen molar-refractivity contribution in [2.75, 3.05) is 0 Å². The van der Waals surface area contributed by atoms with E-state index in [4.69, 9.17) is 4.74 Å². The molecule has 0 bridgehead atoms. The van der Waals surface area contributed by atoms with Gasteiger partial charge < -0.3 is 9.72 Å². The van der Waals surface area contributed by atoms with Crippen molar-refractivity contribution < 1.29 is 9.53 Å². The molecular formula is C13H15NNaO2. The first-order valence-corrected chi connectivity index (χ1v) is 5.38. The Labute approximate surface area is 123 Å². The fourth-order valence-electron chi connectivity index (χ4n) is 1.76. The van der Waals surface area contributed by atoms with Crippen molar-refractivity contribution in [2.24, 2.45) is 0 Å². The van der Waals surface area contributed by atoms with E-state index in [1.165, 1.54) is 0 Å². The number of para-hydroxylation sites is 1. The molecule has 0 spiro atoms. The van der Waals surface area contributed by atoms with Crippen LogP contribution in [-0.2, 0) is 4.74 Å². The second-order valence-corrected chi connectivity index (χ2v) is 4.12. The summed E-state index contributed by atoms with van der Waals surface area (Å²) in [5.41, 5.74) is 2.46. The minimum Gasteiger partial charge on any atom is -0.458 e. The summed E-state index contributed by atoms with van der Waals surface area (Å²) in [4.78, 5) is 14.9. The second-order valence-electron chi connectivity index (χ2n) is 4.12. The Balaban J connectivity index is 0.00000144. The van der Waals surface area contributed by atoms with E-state index in [0.29, 0.717) is 5.69 Å². The monoisotopic (exact) mass is 240 g/mol. The molecule has 1 heterocycles. The Morgan fingerprint density at radius 1 is 1.29 bits per heavy atom. The van der Waals surface area contributed by atoms with E-state index in [9.17, 15) is 4.79 Å². The van der Waals surface area contributed by atoms with Crippen LogP contribution < -0.4 is 0 Å². The van der Waals surface area contributed by atoms with Gasteiger partial charge in [0.1, 0.15) is 5.69 Å². The molecule has 1 radical (unpaired) electrons. The van der Waals surface area contributed by atoms with Crippen molar-refractivity contribution in [1.29, 1.82) is 0 Å². The molecule has 0 atom stereocenters. The van der Waals surface area contributed by atoms with E-state index < -0.39 is 0 Å². The number of esters is 1. The quantitative estimate of drug-likeness (QED) is 0.647. The second kappa shape index (κ2) is 5.71. The summed E-state index contributed by atoms with van der Waals surface area (Å²) in [7, 11) is 0. The normalized spacial score (nSPS) is 10.4. The molecule has 1 aromatic heterocycles. The van der Waals surface area contributed by atoms with Gasteiger partial charge in [-0.3, -0.25) is 0 Å². The van der Waals surface area contributed by atoms with Gasteiger partial charge in [-0.05, 0) is 32.4 Å². The van der Waals surface area contributed by atoms with Crippen LogP contribution in [0, 0.1) is 6.92 Å². The maximum atomic E-state index is 11.8. The fourth-order valence-corrected chi connectivity index (χ4v) is 1.76. The molecule has 4 heteroatoms. The Kier molecular flexibility index (Phi) is 4.80. The smallest absolute Gasteiger partial charge is 0.355 e. The third-order valence-electron chi connectivity index (χ3n) is 2.51. The van der Waals surface area contributed by atoms with Gasteiger partial charge in [-0.25, -0.2) is 4.79 Å². The number of aryl methyl sites for hydroxylation is 1. The van der Waals surface area contributed by atoms with E-state index in [2.05, 4.69) is 4.98 Å². The Hall–Kier alpha value is -0.770. The maximum absolute atomic E-state index is 11.8. The summed E-state index contributed by atoms with van der Waals surface area (Å²) in [5, 5.41) is 1.07. The van der Waals surface area contributed by atoms with E-state index in [0.717, 1.165) is 16.5 Å². The van der Waals surface area contributed by atoms with Crippen LogP contribution in [0.3, 0.4) is 0 Å². The van der Waals surface area contributed by atoms with E-state index in [1.807, 2.05) is 45.0 Å². The molecule has 0 saturated heterocycles. The van der Waals surface area contributed by atoms with Crippen LogP contribution in [0.4, 0.5) is 0 Å². The zero-order chi connectivity index (χ0) is 11.7. The van der Waals surface area contributed by atoms with Crippen LogP contribution in [0.25, 0.3) is 10.9 Å². The summed E-state index contributed by atoms with van der Waals surface area (Å²) in [5.74, 6) is -0.288. The van der Waals surface area contributed by atoms with Gasteiger partial charge in [0.25, 0.3) is 0 Å². The van der Waals surface area contributed by atoms with Gasteiger partial charge in [0, 0.05) is 40.5 Å². The van der Waals surface area contributed by atoms with Crippen LogP contribution >= 0.6 is 0 Å². The molecule has 0 saturated carbocycles. The number of ether oxygens (including phenoxy) is 1. The molecule has 0 aliphatic heterocycles. The van der Waals surface area contributed by atoms with Gasteiger partial charge in [-0.15, -0.1) is 0 Å². The largest absolute Gasteiger partial charge is 0.458 e.